The molecular weight excluding hydrogens is 268 g/mol. The molecule has 0 saturated carbocycles. The number of rotatable bonds is 5. The first-order chi connectivity index (χ1) is 9.18. The third kappa shape index (κ3) is 4.76. The van der Waals surface area contributed by atoms with Gasteiger partial charge in [-0.15, -0.1) is 12.4 Å². The summed E-state index contributed by atoms with van der Waals surface area (Å²) in [6.07, 6.45) is 2.65. The van der Waals surface area contributed by atoms with Gasteiger partial charge in [0, 0.05) is 12.6 Å². The van der Waals surface area contributed by atoms with E-state index in [0.29, 0.717) is 12.0 Å². The number of halogens is 1. The van der Waals surface area contributed by atoms with Crippen molar-refractivity contribution in [1.29, 1.82) is 0 Å². The van der Waals surface area contributed by atoms with Crippen molar-refractivity contribution in [2.24, 2.45) is 11.8 Å². The molecule has 0 amide bonds. The number of hydrogen-bond acceptors (Lipinski definition) is 2. The molecule has 1 fully saturated rings. The topological polar surface area (TPSA) is 15.3 Å². The minimum absolute atomic E-state index is 0. The van der Waals surface area contributed by atoms with Gasteiger partial charge in [-0.1, -0.05) is 44.2 Å². The highest BCUT2D eigenvalue weighted by molar-refractivity contribution is 5.85. The minimum Gasteiger partial charge on any atom is -0.317 e. The summed E-state index contributed by atoms with van der Waals surface area (Å²) in [5, 5.41) is 3.45. The summed E-state index contributed by atoms with van der Waals surface area (Å²) >= 11 is 0. The van der Waals surface area contributed by atoms with Crippen molar-refractivity contribution in [3.63, 3.8) is 0 Å². The molecule has 1 saturated heterocycles. The van der Waals surface area contributed by atoms with E-state index in [1.165, 1.54) is 38.0 Å². The van der Waals surface area contributed by atoms with Crippen LogP contribution in [0.5, 0.6) is 0 Å². The van der Waals surface area contributed by atoms with Gasteiger partial charge < -0.3 is 5.32 Å². The van der Waals surface area contributed by atoms with Gasteiger partial charge in [-0.25, -0.2) is 0 Å². The first-order valence-corrected chi connectivity index (χ1v) is 7.64. The van der Waals surface area contributed by atoms with Crippen molar-refractivity contribution in [2.45, 2.75) is 32.7 Å². The standard InChI is InChI=1S/C17H28N2.ClH/c1-14(2)17(16-7-5-4-6-8-16)19(3)13-15-9-11-18-12-10-15;/h4-8,14-15,17-18H,9-13H2,1-3H3;1H. The summed E-state index contributed by atoms with van der Waals surface area (Å²) in [5.41, 5.74) is 1.45. The molecule has 0 bridgehead atoms. The van der Waals surface area contributed by atoms with Crippen LogP contribution in [0.15, 0.2) is 30.3 Å². The van der Waals surface area contributed by atoms with Gasteiger partial charge in [-0.3, -0.25) is 4.90 Å². The van der Waals surface area contributed by atoms with E-state index >= 15 is 0 Å². The lowest BCUT2D eigenvalue weighted by molar-refractivity contribution is 0.152. The Labute approximate surface area is 130 Å². The monoisotopic (exact) mass is 296 g/mol. The molecule has 0 spiro atoms. The molecule has 1 heterocycles. The van der Waals surface area contributed by atoms with E-state index in [0.717, 1.165) is 5.92 Å². The van der Waals surface area contributed by atoms with E-state index < -0.39 is 0 Å². The second kappa shape index (κ2) is 8.66. The Hall–Kier alpha value is -0.570. The molecule has 1 aromatic carbocycles. The third-order valence-corrected chi connectivity index (χ3v) is 4.25. The molecule has 1 aliphatic rings. The fourth-order valence-corrected chi connectivity index (χ4v) is 3.38. The Morgan fingerprint density at radius 2 is 1.75 bits per heavy atom. The molecule has 114 valence electrons. The van der Waals surface area contributed by atoms with Crippen LogP contribution in [0.4, 0.5) is 0 Å². The van der Waals surface area contributed by atoms with Crippen molar-refractivity contribution in [1.82, 2.24) is 10.2 Å². The minimum atomic E-state index is 0. The van der Waals surface area contributed by atoms with Crippen molar-refractivity contribution in [3.05, 3.63) is 35.9 Å². The van der Waals surface area contributed by atoms with Crippen molar-refractivity contribution >= 4 is 12.4 Å². The Morgan fingerprint density at radius 3 is 2.30 bits per heavy atom. The van der Waals surface area contributed by atoms with Crippen LogP contribution < -0.4 is 5.32 Å². The van der Waals surface area contributed by atoms with E-state index in [9.17, 15) is 0 Å². The van der Waals surface area contributed by atoms with E-state index in [4.69, 9.17) is 0 Å². The Bertz CT molecular complexity index is 361. The number of piperidine rings is 1. The van der Waals surface area contributed by atoms with Gasteiger partial charge in [0.15, 0.2) is 0 Å². The predicted molar refractivity (Wildman–Crippen MR) is 89.5 cm³/mol. The molecule has 2 rings (SSSR count). The maximum atomic E-state index is 3.45. The predicted octanol–water partition coefficient (Wildman–Crippen LogP) is 3.74. The second-order valence-electron chi connectivity index (χ2n) is 6.23. The number of hydrogen-bond donors (Lipinski definition) is 1. The normalized spacial score (nSPS) is 18.1. The Morgan fingerprint density at radius 1 is 1.15 bits per heavy atom. The van der Waals surface area contributed by atoms with Crippen LogP contribution in [0.1, 0.15) is 38.3 Å². The first-order valence-electron chi connectivity index (χ1n) is 7.64. The zero-order valence-electron chi connectivity index (χ0n) is 13.0. The maximum Gasteiger partial charge on any atom is 0.0368 e. The van der Waals surface area contributed by atoms with Crippen LogP contribution in [0.3, 0.4) is 0 Å². The molecule has 3 heteroatoms. The van der Waals surface area contributed by atoms with E-state index in [2.05, 4.69) is 61.4 Å². The lowest BCUT2D eigenvalue weighted by Gasteiger charge is -2.35. The van der Waals surface area contributed by atoms with Gasteiger partial charge in [-0.05, 0) is 50.4 Å². The highest BCUT2D eigenvalue weighted by atomic mass is 35.5. The maximum absolute atomic E-state index is 3.45. The molecule has 1 N–H and O–H groups in total. The number of nitrogens with zero attached hydrogens (tertiary/aromatic N) is 1. The molecule has 1 atom stereocenters. The summed E-state index contributed by atoms with van der Waals surface area (Å²) in [7, 11) is 2.29. The molecule has 1 aliphatic heterocycles. The van der Waals surface area contributed by atoms with Gasteiger partial charge in [0.05, 0.1) is 0 Å². The first kappa shape index (κ1) is 17.5. The zero-order chi connectivity index (χ0) is 13.7. The largest absolute Gasteiger partial charge is 0.317 e. The third-order valence-electron chi connectivity index (χ3n) is 4.25. The van der Waals surface area contributed by atoms with Crippen LogP contribution in [-0.4, -0.2) is 31.6 Å². The van der Waals surface area contributed by atoms with E-state index in [1.807, 2.05) is 0 Å². The van der Waals surface area contributed by atoms with Crippen LogP contribution in [0.2, 0.25) is 0 Å². The van der Waals surface area contributed by atoms with Gasteiger partial charge in [0.1, 0.15) is 0 Å². The summed E-state index contributed by atoms with van der Waals surface area (Å²) in [6.45, 7) is 8.26. The number of benzene rings is 1. The zero-order valence-corrected chi connectivity index (χ0v) is 13.8. The quantitative estimate of drug-likeness (QED) is 0.890. The van der Waals surface area contributed by atoms with Gasteiger partial charge in [0.2, 0.25) is 0 Å². The SMILES string of the molecule is CC(C)C(c1ccccc1)N(C)CC1CCNCC1.Cl. The van der Waals surface area contributed by atoms with Gasteiger partial charge in [0.25, 0.3) is 0 Å². The fourth-order valence-electron chi connectivity index (χ4n) is 3.38. The van der Waals surface area contributed by atoms with Crippen LogP contribution in [0, 0.1) is 11.8 Å². The molecular formula is C17H29ClN2. The average molecular weight is 297 g/mol. The Kier molecular flexibility index (Phi) is 7.57. The van der Waals surface area contributed by atoms with Crippen molar-refractivity contribution in [2.75, 3.05) is 26.7 Å². The highest BCUT2D eigenvalue weighted by Gasteiger charge is 2.23. The molecule has 0 aromatic heterocycles. The molecule has 20 heavy (non-hydrogen) atoms. The highest BCUT2D eigenvalue weighted by Crippen LogP contribution is 2.29. The van der Waals surface area contributed by atoms with Crippen LogP contribution >= 0.6 is 12.4 Å². The van der Waals surface area contributed by atoms with Crippen molar-refractivity contribution in [3.8, 4) is 0 Å². The lowest BCUT2D eigenvalue weighted by Crippen LogP contribution is -2.37. The van der Waals surface area contributed by atoms with Gasteiger partial charge in [-0.2, -0.15) is 0 Å². The van der Waals surface area contributed by atoms with Crippen molar-refractivity contribution < 1.29 is 0 Å². The smallest absolute Gasteiger partial charge is 0.0368 e. The summed E-state index contributed by atoms with van der Waals surface area (Å²) in [5.74, 6) is 1.50. The molecule has 0 aliphatic carbocycles. The molecule has 2 nitrogen and oxygen atoms in total. The van der Waals surface area contributed by atoms with E-state index in [1.54, 1.807) is 0 Å². The lowest BCUT2D eigenvalue weighted by atomic mass is 9.92. The molecule has 1 unspecified atom stereocenters. The Balaban J connectivity index is 0.00000200. The average Bonchev–Trinajstić information content (AvgIpc) is 2.40. The summed E-state index contributed by atoms with van der Waals surface area (Å²) in [6, 6.07) is 11.5. The number of nitrogens with one attached hydrogen (secondary N) is 1. The molecule has 1 aromatic rings. The molecule has 0 radical (unpaired) electrons. The van der Waals surface area contributed by atoms with Crippen LogP contribution in [0.25, 0.3) is 0 Å². The van der Waals surface area contributed by atoms with Gasteiger partial charge >= 0.3 is 0 Å². The second-order valence-corrected chi connectivity index (χ2v) is 6.23. The fraction of sp³-hybridized carbons (Fsp3) is 0.647. The summed E-state index contributed by atoms with van der Waals surface area (Å²) < 4.78 is 0. The van der Waals surface area contributed by atoms with Crippen LogP contribution in [-0.2, 0) is 0 Å². The van der Waals surface area contributed by atoms with E-state index in [-0.39, 0.29) is 12.4 Å². The summed E-state index contributed by atoms with van der Waals surface area (Å²) in [4.78, 5) is 2.57.